The molecule has 0 N–H and O–H groups in total. The first kappa shape index (κ1) is 16.7. The third-order valence-corrected chi connectivity index (χ3v) is 4.71. The summed E-state index contributed by atoms with van der Waals surface area (Å²) in [4.78, 5) is 10.8. The third-order valence-electron chi connectivity index (χ3n) is 3.19. The van der Waals surface area contributed by atoms with Gasteiger partial charge in [-0.2, -0.15) is 0 Å². The van der Waals surface area contributed by atoms with Gasteiger partial charge in [-0.1, -0.05) is 22.0 Å². The normalized spacial score (nSPS) is 24.4. The largest absolute Gasteiger partial charge is 0.480 e. The first-order valence-corrected chi connectivity index (χ1v) is 8.09. The molecular formula is C13H15Br2NO5. The highest BCUT2D eigenvalue weighted by molar-refractivity contribution is 9.10. The molecule has 0 amide bonds. The molecule has 3 atom stereocenters. The fraction of sp³-hybridized carbons (Fsp3) is 0.538. The number of ether oxygens (including phenoxy) is 3. The number of hydrogen-bond acceptors (Lipinski definition) is 5. The number of rotatable bonds is 7. The second-order valence-electron chi connectivity index (χ2n) is 4.58. The lowest BCUT2D eigenvalue weighted by Crippen LogP contribution is -2.52. The summed E-state index contributed by atoms with van der Waals surface area (Å²) in [6, 6.07) is 4.74. The summed E-state index contributed by atoms with van der Waals surface area (Å²) in [5, 5.41) is 11.1. The van der Waals surface area contributed by atoms with Crippen LogP contribution in [-0.2, 0) is 9.47 Å². The molecule has 3 unspecified atom stereocenters. The Morgan fingerprint density at radius 1 is 1.43 bits per heavy atom. The van der Waals surface area contributed by atoms with E-state index >= 15 is 0 Å². The molecule has 1 aromatic carbocycles. The van der Waals surface area contributed by atoms with E-state index in [4.69, 9.17) is 14.2 Å². The van der Waals surface area contributed by atoms with Crippen LogP contribution in [0.5, 0.6) is 5.75 Å². The summed E-state index contributed by atoms with van der Waals surface area (Å²) >= 11 is 6.80. The molecule has 0 aliphatic heterocycles. The van der Waals surface area contributed by atoms with Crippen LogP contribution in [0.2, 0.25) is 0 Å². The Labute approximate surface area is 139 Å². The van der Waals surface area contributed by atoms with Crippen LogP contribution in [0.15, 0.2) is 22.7 Å². The maximum Gasteiger partial charge on any atom is 0.312 e. The molecule has 1 fully saturated rings. The van der Waals surface area contributed by atoms with Crippen LogP contribution in [0.3, 0.4) is 0 Å². The minimum atomic E-state index is -0.453. The number of halogens is 2. The monoisotopic (exact) mass is 423 g/mol. The first-order chi connectivity index (χ1) is 10.0. The molecule has 21 heavy (non-hydrogen) atoms. The van der Waals surface area contributed by atoms with Gasteiger partial charge >= 0.3 is 5.69 Å². The molecular weight excluding hydrogens is 410 g/mol. The van der Waals surface area contributed by atoms with Crippen molar-refractivity contribution in [3.05, 3.63) is 32.8 Å². The molecule has 1 aliphatic carbocycles. The van der Waals surface area contributed by atoms with Crippen molar-refractivity contribution < 1.29 is 19.1 Å². The average molecular weight is 425 g/mol. The smallest absolute Gasteiger partial charge is 0.312 e. The lowest BCUT2D eigenvalue weighted by Gasteiger charge is -2.40. The quantitative estimate of drug-likeness (QED) is 0.290. The molecule has 6 nitrogen and oxygen atoms in total. The van der Waals surface area contributed by atoms with Gasteiger partial charge in [0.1, 0.15) is 12.2 Å². The van der Waals surface area contributed by atoms with Gasteiger partial charge in [-0.15, -0.1) is 0 Å². The zero-order valence-electron chi connectivity index (χ0n) is 11.3. The maximum absolute atomic E-state index is 11.1. The van der Waals surface area contributed by atoms with Crippen LogP contribution in [0.1, 0.15) is 6.42 Å². The predicted molar refractivity (Wildman–Crippen MR) is 84.2 cm³/mol. The highest BCUT2D eigenvalue weighted by Gasteiger charge is 2.43. The second kappa shape index (κ2) is 7.53. The molecule has 0 bridgehead atoms. The maximum atomic E-state index is 11.1. The lowest BCUT2D eigenvalue weighted by molar-refractivity contribution is -0.386. The first-order valence-electron chi connectivity index (χ1n) is 6.38. The van der Waals surface area contributed by atoms with Crippen molar-refractivity contribution in [2.75, 3.05) is 20.3 Å². The number of hydrogen-bond donors (Lipinski definition) is 0. The van der Waals surface area contributed by atoms with Crippen LogP contribution >= 0.6 is 31.9 Å². The van der Waals surface area contributed by atoms with Crippen molar-refractivity contribution in [3.63, 3.8) is 0 Å². The van der Waals surface area contributed by atoms with E-state index in [1.807, 2.05) is 0 Å². The van der Waals surface area contributed by atoms with Gasteiger partial charge in [-0.05, 0) is 22.0 Å². The molecule has 1 aromatic rings. The van der Waals surface area contributed by atoms with Crippen molar-refractivity contribution >= 4 is 37.5 Å². The molecule has 1 saturated carbocycles. The highest BCUT2D eigenvalue weighted by atomic mass is 79.9. The Bertz CT molecular complexity index is 513. The summed E-state index contributed by atoms with van der Waals surface area (Å²) < 4.78 is 17.0. The minimum Gasteiger partial charge on any atom is -0.480 e. The van der Waals surface area contributed by atoms with E-state index < -0.39 is 4.92 Å². The number of para-hydroxylation sites is 1. The number of alkyl halides is 1. The van der Waals surface area contributed by atoms with Crippen LogP contribution in [0, 0.1) is 10.1 Å². The second-order valence-corrected chi connectivity index (χ2v) is 6.61. The van der Waals surface area contributed by atoms with Crippen molar-refractivity contribution in [1.82, 2.24) is 0 Å². The minimum absolute atomic E-state index is 0.0574. The van der Waals surface area contributed by atoms with E-state index in [2.05, 4.69) is 31.9 Å². The van der Waals surface area contributed by atoms with E-state index in [0.717, 1.165) is 6.42 Å². The highest BCUT2D eigenvalue weighted by Crippen LogP contribution is 2.40. The Kier molecular flexibility index (Phi) is 5.98. The predicted octanol–water partition coefficient (Wildman–Crippen LogP) is 3.30. The van der Waals surface area contributed by atoms with Gasteiger partial charge in [0.05, 0.1) is 22.6 Å². The van der Waals surface area contributed by atoms with Crippen LogP contribution in [-0.4, -0.2) is 42.3 Å². The van der Waals surface area contributed by atoms with Gasteiger partial charge in [0, 0.05) is 24.4 Å². The van der Waals surface area contributed by atoms with Crippen LogP contribution < -0.4 is 4.74 Å². The van der Waals surface area contributed by atoms with Crippen LogP contribution in [0.4, 0.5) is 5.69 Å². The molecule has 0 heterocycles. The van der Waals surface area contributed by atoms with E-state index in [-0.39, 0.29) is 28.5 Å². The number of benzene rings is 1. The average Bonchev–Trinajstić information content (AvgIpc) is 2.44. The summed E-state index contributed by atoms with van der Waals surface area (Å²) in [7, 11) is 1.61. The summed E-state index contributed by atoms with van der Waals surface area (Å²) in [5.74, 6) is 0.243. The standard InChI is InChI=1S/C13H15Br2NO5/c1-19-5-6-20-13-9(15)7-11(13)21-12-8(14)3-2-4-10(12)16(17)18/h2-4,9,11,13H,5-7H2,1H3. The number of nitro groups is 1. The molecule has 2 rings (SSSR count). The Morgan fingerprint density at radius 3 is 2.81 bits per heavy atom. The lowest BCUT2D eigenvalue weighted by atomic mass is 9.91. The SMILES string of the molecule is COCCOC1C(Br)CC1Oc1c(Br)cccc1[N+](=O)[O-]. The van der Waals surface area contributed by atoms with Gasteiger partial charge in [0.2, 0.25) is 5.75 Å². The number of methoxy groups -OCH3 is 1. The molecule has 0 saturated heterocycles. The summed E-state index contributed by atoms with van der Waals surface area (Å²) in [6.45, 7) is 0.958. The molecule has 116 valence electrons. The Hall–Kier alpha value is -0.700. The zero-order valence-corrected chi connectivity index (χ0v) is 14.5. The van der Waals surface area contributed by atoms with E-state index in [1.54, 1.807) is 19.2 Å². The van der Waals surface area contributed by atoms with Gasteiger partial charge in [0.15, 0.2) is 0 Å². The van der Waals surface area contributed by atoms with Gasteiger partial charge in [-0.25, -0.2) is 0 Å². The molecule has 0 aromatic heterocycles. The fourth-order valence-electron chi connectivity index (χ4n) is 2.03. The Morgan fingerprint density at radius 2 is 2.19 bits per heavy atom. The van der Waals surface area contributed by atoms with Crippen LogP contribution in [0.25, 0.3) is 0 Å². The zero-order chi connectivity index (χ0) is 15.4. The molecule has 8 heteroatoms. The third kappa shape index (κ3) is 3.94. The topological polar surface area (TPSA) is 70.8 Å². The molecule has 1 aliphatic rings. The van der Waals surface area contributed by atoms with Crippen molar-refractivity contribution in [2.45, 2.75) is 23.5 Å². The number of nitrogens with zero attached hydrogens (tertiary/aromatic N) is 1. The van der Waals surface area contributed by atoms with Crippen molar-refractivity contribution in [3.8, 4) is 5.75 Å². The van der Waals surface area contributed by atoms with Gasteiger partial charge in [0.25, 0.3) is 0 Å². The van der Waals surface area contributed by atoms with E-state index in [0.29, 0.717) is 17.7 Å². The molecule has 0 spiro atoms. The summed E-state index contributed by atoms with van der Waals surface area (Å²) in [6.07, 6.45) is 0.367. The summed E-state index contributed by atoms with van der Waals surface area (Å²) in [5.41, 5.74) is -0.0574. The van der Waals surface area contributed by atoms with E-state index in [1.165, 1.54) is 6.07 Å². The Balaban J connectivity index is 2.06. The van der Waals surface area contributed by atoms with Gasteiger partial charge < -0.3 is 14.2 Å². The van der Waals surface area contributed by atoms with Crippen molar-refractivity contribution in [2.24, 2.45) is 0 Å². The van der Waals surface area contributed by atoms with Crippen molar-refractivity contribution in [1.29, 1.82) is 0 Å². The van der Waals surface area contributed by atoms with E-state index in [9.17, 15) is 10.1 Å². The fourth-order valence-corrected chi connectivity index (χ4v) is 3.34. The van der Waals surface area contributed by atoms with Gasteiger partial charge in [-0.3, -0.25) is 10.1 Å². The number of nitro benzene ring substituents is 1. The molecule has 0 radical (unpaired) electrons.